The third-order valence-electron chi connectivity index (χ3n) is 1.74. The standard InChI is InChI=1S/C10H11N3O2S/c1-11-10(16)13-12-6-7-3-2-4-8(5-7)9(14)15/h2-6H,1H3,(H,14,15)(H2,11,13,16)/b12-6-. The van der Waals surface area contributed by atoms with Gasteiger partial charge in [0.1, 0.15) is 0 Å². The van der Waals surface area contributed by atoms with Gasteiger partial charge in [-0.05, 0) is 29.9 Å². The van der Waals surface area contributed by atoms with E-state index in [4.69, 9.17) is 17.3 Å². The number of aromatic carboxylic acids is 1. The van der Waals surface area contributed by atoms with E-state index >= 15 is 0 Å². The Morgan fingerprint density at radius 3 is 2.94 bits per heavy atom. The molecule has 1 aromatic carbocycles. The lowest BCUT2D eigenvalue weighted by atomic mass is 10.1. The van der Waals surface area contributed by atoms with Crippen LogP contribution in [0.15, 0.2) is 29.4 Å². The Labute approximate surface area is 98.2 Å². The quantitative estimate of drug-likeness (QED) is 0.412. The maximum absolute atomic E-state index is 10.7. The zero-order chi connectivity index (χ0) is 12.0. The third kappa shape index (κ3) is 3.66. The number of nitrogens with one attached hydrogen (secondary N) is 2. The van der Waals surface area contributed by atoms with Gasteiger partial charge >= 0.3 is 5.97 Å². The predicted octanol–water partition coefficient (Wildman–Crippen LogP) is 0.813. The molecule has 0 saturated heterocycles. The molecule has 0 saturated carbocycles. The number of hydrogen-bond acceptors (Lipinski definition) is 3. The van der Waals surface area contributed by atoms with Crippen molar-refractivity contribution in [2.75, 3.05) is 7.05 Å². The molecule has 6 heteroatoms. The van der Waals surface area contributed by atoms with E-state index in [0.717, 1.165) is 0 Å². The Hall–Kier alpha value is -1.95. The number of carbonyl (C=O) groups is 1. The Balaban J connectivity index is 2.70. The second-order valence-electron chi connectivity index (χ2n) is 2.88. The Kier molecular flexibility index (Phi) is 4.41. The molecular formula is C10H11N3O2S. The van der Waals surface area contributed by atoms with Crippen LogP contribution in [0.4, 0.5) is 0 Å². The van der Waals surface area contributed by atoms with Gasteiger partial charge < -0.3 is 10.4 Å². The van der Waals surface area contributed by atoms with Gasteiger partial charge in [-0.25, -0.2) is 4.79 Å². The summed E-state index contributed by atoms with van der Waals surface area (Å²) in [6.45, 7) is 0. The largest absolute Gasteiger partial charge is 0.478 e. The Bertz CT molecular complexity index is 432. The lowest BCUT2D eigenvalue weighted by Gasteiger charge is -2.00. The maximum Gasteiger partial charge on any atom is 0.335 e. The van der Waals surface area contributed by atoms with Crippen LogP contribution in [0.3, 0.4) is 0 Å². The van der Waals surface area contributed by atoms with Gasteiger partial charge in [-0.1, -0.05) is 12.1 Å². The fourth-order valence-electron chi connectivity index (χ4n) is 0.973. The minimum Gasteiger partial charge on any atom is -0.478 e. The number of nitrogens with zero attached hydrogens (tertiary/aromatic N) is 1. The first-order chi connectivity index (χ1) is 7.63. The van der Waals surface area contributed by atoms with Crippen molar-refractivity contribution in [2.45, 2.75) is 0 Å². The second-order valence-corrected chi connectivity index (χ2v) is 3.29. The molecule has 0 atom stereocenters. The smallest absolute Gasteiger partial charge is 0.335 e. The summed E-state index contributed by atoms with van der Waals surface area (Å²) in [6, 6.07) is 6.45. The van der Waals surface area contributed by atoms with Gasteiger partial charge in [-0.3, -0.25) is 5.43 Å². The molecule has 0 radical (unpaired) electrons. The SMILES string of the molecule is CNC(=S)N/N=C\c1cccc(C(=O)O)c1. The van der Waals surface area contributed by atoms with Gasteiger partial charge in [0.25, 0.3) is 0 Å². The fourth-order valence-corrected chi connectivity index (χ4v) is 1.03. The van der Waals surface area contributed by atoms with E-state index in [0.29, 0.717) is 10.7 Å². The van der Waals surface area contributed by atoms with Gasteiger partial charge in [-0.15, -0.1) is 0 Å². The molecule has 0 heterocycles. The number of thiocarbonyl (C=S) groups is 1. The number of carboxylic acid groups (broad SMARTS) is 1. The monoisotopic (exact) mass is 237 g/mol. The van der Waals surface area contributed by atoms with Gasteiger partial charge in [0.05, 0.1) is 11.8 Å². The zero-order valence-corrected chi connectivity index (χ0v) is 9.41. The van der Waals surface area contributed by atoms with Gasteiger partial charge in [0.2, 0.25) is 0 Å². The van der Waals surface area contributed by atoms with Crippen LogP contribution in [-0.4, -0.2) is 29.5 Å². The summed E-state index contributed by atoms with van der Waals surface area (Å²) >= 11 is 4.81. The average Bonchev–Trinajstić information content (AvgIpc) is 2.29. The van der Waals surface area contributed by atoms with Crippen LogP contribution in [0.25, 0.3) is 0 Å². The summed E-state index contributed by atoms with van der Waals surface area (Å²) in [6.07, 6.45) is 1.50. The maximum atomic E-state index is 10.7. The number of hydrogen-bond donors (Lipinski definition) is 3. The lowest BCUT2D eigenvalue weighted by Crippen LogP contribution is -2.28. The van der Waals surface area contributed by atoms with Crippen molar-refractivity contribution < 1.29 is 9.90 Å². The number of benzene rings is 1. The normalized spacial score (nSPS) is 10.1. The molecule has 84 valence electrons. The van der Waals surface area contributed by atoms with Crippen molar-refractivity contribution in [3.05, 3.63) is 35.4 Å². The highest BCUT2D eigenvalue weighted by Gasteiger charge is 2.01. The van der Waals surface area contributed by atoms with Crippen molar-refractivity contribution in [3.63, 3.8) is 0 Å². The van der Waals surface area contributed by atoms with E-state index < -0.39 is 5.97 Å². The molecular weight excluding hydrogens is 226 g/mol. The summed E-state index contributed by atoms with van der Waals surface area (Å²) in [5.41, 5.74) is 3.48. The topological polar surface area (TPSA) is 73.7 Å². The van der Waals surface area contributed by atoms with Crippen molar-refractivity contribution in [2.24, 2.45) is 5.10 Å². The summed E-state index contributed by atoms with van der Waals surface area (Å²) in [7, 11) is 1.68. The van der Waals surface area contributed by atoms with E-state index in [-0.39, 0.29) is 5.56 Å². The van der Waals surface area contributed by atoms with Gasteiger partial charge in [-0.2, -0.15) is 5.10 Å². The van der Waals surface area contributed by atoms with E-state index in [1.54, 1.807) is 19.2 Å². The molecule has 1 rings (SSSR count). The molecule has 0 unspecified atom stereocenters. The minimum atomic E-state index is -0.964. The first kappa shape index (κ1) is 12.1. The molecule has 3 N–H and O–H groups in total. The Morgan fingerprint density at radius 1 is 1.56 bits per heavy atom. The molecule has 16 heavy (non-hydrogen) atoms. The van der Waals surface area contributed by atoms with E-state index in [1.807, 2.05) is 0 Å². The van der Waals surface area contributed by atoms with Crippen LogP contribution in [0, 0.1) is 0 Å². The number of rotatable bonds is 3. The van der Waals surface area contributed by atoms with Crippen molar-refractivity contribution in [3.8, 4) is 0 Å². The molecule has 0 aliphatic rings. The highest BCUT2D eigenvalue weighted by Crippen LogP contribution is 2.02. The zero-order valence-electron chi connectivity index (χ0n) is 8.60. The van der Waals surface area contributed by atoms with Crippen LogP contribution < -0.4 is 10.7 Å². The Morgan fingerprint density at radius 2 is 2.31 bits per heavy atom. The van der Waals surface area contributed by atoms with Crippen LogP contribution >= 0.6 is 12.2 Å². The molecule has 5 nitrogen and oxygen atoms in total. The van der Waals surface area contributed by atoms with E-state index in [1.165, 1.54) is 18.3 Å². The van der Waals surface area contributed by atoms with Crippen molar-refractivity contribution in [1.29, 1.82) is 0 Å². The van der Waals surface area contributed by atoms with Crippen LogP contribution in [0.1, 0.15) is 15.9 Å². The highest BCUT2D eigenvalue weighted by molar-refractivity contribution is 7.80. The molecule has 0 amide bonds. The van der Waals surface area contributed by atoms with Crippen LogP contribution in [0.5, 0.6) is 0 Å². The average molecular weight is 237 g/mol. The molecule has 0 aliphatic carbocycles. The highest BCUT2D eigenvalue weighted by atomic mass is 32.1. The van der Waals surface area contributed by atoms with Crippen LogP contribution in [-0.2, 0) is 0 Å². The summed E-state index contributed by atoms with van der Waals surface area (Å²) in [4.78, 5) is 10.7. The first-order valence-electron chi connectivity index (χ1n) is 4.47. The molecule has 0 spiro atoms. The molecule has 0 aliphatic heterocycles. The summed E-state index contributed by atoms with van der Waals surface area (Å²) in [5, 5.41) is 15.7. The minimum absolute atomic E-state index is 0.222. The first-order valence-corrected chi connectivity index (χ1v) is 4.88. The van der Waals surface area contributed by atoms with Crippen molar-refractivity contribution in [1.82, 2.24) is 10.7 Å². The van der Waals surface area contributed by atoms with E-state index in [2.05, 4.69) is 15.8 Å². The van der Waals surface area contributed by atoms with Gasteiger partial charge in [0, 0.05) is 7.05 Å². The predicted molar refractivity (Wildman–Crippen MR) is 65.8 cm³/mol. The van der Waals surface area contributed by atoms with E-state index in [9.17, 15) is 4.79 Å². The van der Waals surface area contributed by atoms with Crippen molar-refractivity contribution >= 4 is 29.5 Å². The molecule has 1 aromatic rings. The summed E-state index contributed by atoms with van der Waals surface area (Å²) < 4.78 is 0. The summed E-state index contributed by atoms with van der Waals surface area (Å²) in [5.74, 6) is -0.964. The lowest BCUT2D eigenvalue weighted by molar-refractivity contribution is 0.0697. The third-order valence-corrected chi connectivity index (χ3v) is 2.04. The van der Waals surface area contributed by atoms with Gasteiger partial charge in [0.15, 0.2) is 5.11 Å². The van der Waals surface area contributed by atoms with Crippen LogP contribution in [0.2, 0.25) is 0 Å². The molecule has 0 fully saturated rings. The number of carboxylic acids is 1. The molecule has 0 aromatic heterocycles. The number of hydrazone groups is 1. The molecule has 0 bridgehead atoms. The fraction of sp³-hybridized carbons (Fsp3) is 0.100. The second kappa shape index (κ2) is 5.82.